The third-order valence-electron chi connectivity index (χ3n) is 6.69. The summed E-state index contributed by atoms with van der Waals surface area (Å²) in [4.78, 5) is 25.5. The third-order valence-corrected chi connectivity index (χ3v) is 6.69. The molecule has 0 bridgehead atoms. The number of carbonyl (C=O) groups is 2. The van der Waals surface area contributed by atoms with Crippen molar-refractivity contribution in [2.24, 2.45) is 10.8 Å². The predicted molar refractivity (Wildman–Crippen MR) is 119 cm³/mol. The van der Waals surface area contributed by atoms with Crippen molar-refractivity contribution in [2.75, 3.05) is 0 Å². The average molecular weight is 395 g/mol. The molecule has 0 aliphatic carbocycles. The summed E-state index contributed by atoms with van der Waals surface area (Å²) in [5, 5.41) is 0. The molecule has 3 heteroatoms. The lowest BCUT2D eigenvalue weighted by atomic mass is 9.78. The van der Waals surface area contributed by atoms with Gasteiger partial charge in [0.15, 0.2) is 11.6 Å². The van der Waals surface area contributed by atoms with Crippen molar-refractivity contribution in [3.8, 4) is 11.5 Å². The van der Waals surface area contributed by atoms with E-state index in [1.807, 2.05) is 62.4 Å². The molecule has 0 fully saturated rings. The highest BCUT2D eigenvalue weighted by molar-refractivity contribution is 6.01. The maximum absolute atomic E-state index is 12.8. The molecular weight excluding hydrogens is 360 g/mol. The van der Waals surface area contributed by atoms with Gasteiger partial charge in [-0.05, 0) is 74.2 Å². The summed E-state index contributed by atoms with van der Waals surface area (Å²) in [6, 6.07) is 14.6. The monoisotopic (exact) mass is 394 g/mol. The van der Waals surface area contributed by atoms with Gasteiger partial charge < -0.3 is 4.74 Å². The molecule has 2 rings (SSSR count). The van der Waals surface area contributed by atoms with E-state index < -0.39 is 0 Å². The van der Waals surface area contributed by atoms with E-state index in [0.29, 0.717) is 22.6 Å². The summed E-state index contributed by atoms with van der Waals surface area (Å²) in [5.41, 5.74) is 0.776. The second kappa shape index (κ2) is 9.39. The molecule has 29 heavy (non-hydrogen) atoms. The quantitative estimate of drug-likeness (QED) is 0.392. The zero-order valence-corrected chi connectivity index (χ0v) is 18.7. The first-order chi connectivity index (χ1) is 13.7. The maximum Gasteiger partial charge on any atom is 0.168 e. The van der Waals surface area contributed by atoms with Crippen LogP contribution in [0.5, 0.6) is 11.5 Å². The Kier molecular flexibility index (Phi) is 7.40. The van der Waals surface area contributed by atoms with Gasteiger partial charge in [-0.1, -0.05) is 41.5 Å². The van der Waals surface area contributed by atoms with Gasteiger partial charge in [-0.15, -0.1) is 0 Å². The van der Waals surface area contributed by atoms with Crippen LogP contribution in [0.3, 0.4) is 0 Å². The fraction of sp³-hybridized carbons (Fsp3) is 0.462. The largest absolute Gasteiger partial charge is 0.457 e. The summed E-state index contributed by atoms with van der Waals surface area (Å²) < 4.78 is 5.90. The van der Waals surface area contributed by atoms with Gasteiger partial charge >= 0.3 is 0 Å². The molecule has 0 radical (unpaired) electrons. The zero-order valence-electron chi connectivity index (χ0n) is 18.7. The number of hydrogen-bond donors (Lipinski definition) is 0. The van der Waals surface area contributed by atoms with Crippen LogP contribution in [0.2, 0.25) is 0 Å². The summed E-state index contributed by atoms with van der Waals surface area (Å²) in [6.07, 6.45) is 3.28. The van der Waals surface area contributed by atoms with Crippen LogP contribution >= 0.6 is 0 Å². The van der Waals surface area contributed by atoms with Crippen molar-refractivity contribution in [1.82, 2.24) is 0 Å². The molecule has 0 aliphatic heterocycles. The average Bonchev–Trinajstić information content (AvgIpc) is 2.78. The summed E-state index contributed by atoms with van der Waals surface area (Å²) in [7, 11) is 0. The Morgan fingerprint density at radius 3 is 1.14 bits per heavy atom. The summed E-state index contributed by atoms with van der Waals surface area (Å²) in [6.45, 7) is 12.2. The van der Waals surface area contributed by atoms with Crippen molar-refractivity contribution in [3.05, 3.63) is 59.7 Å². The highest BCUT2D eigenvalue weighted by Gasteiger charge is 2.30. The van der Waals surface area contributed by atoms with Crippen molar-refractivity contribution in [3.63, 3.8) is 0 Å². The van der Waals surface area contributed by atoms with Gasteiger partial charge in [0.25, 0.3) is 0 Å². The molecule has 3 nitrogen and oxygen atoms in total. The molecule has 156 valence electrons. The molecule has 0 aromatic heterocycles. The van der Waals surface area contributed by atoms with Crippen LogP contribution in [0, 0.1) is 10.8 Å². The van der Waals surface area contributed by atoms with E-state index in [1.54, 1.807) is 0 Å². The number of ketones is 2. The first-order valence-electron chi connectivity index (χ1n) is 10.7. The minimum Gasteiger partial charge on any atom is -0.457 e. The second-order valence-electron chi connectivity index (χ2n) is 8.34. The SMILES string of the molecule is CCC(C)(CC)C(=O)c1ccc(Oc2ccc(C(=O)C(C)(CC)CC)cc2)cc1. The van der Waals surface area contributed by atoms with Crippen LogP contribution in [0.1, 0.15) is 87.9 Å². The molecule has 2 aromatic rings. The van der Waals surface area contributed by atoms with Crippen molar-refractivity contribution in [1.29, 1.82) is 0 Å². The number of carbonyl (C=O) groups excluding carboxylic acids is 2. The lowest BCUT2D eigenvalue weighted by Gasteiger charge is -2.25. The van der Waals surface area contributed by atoms with Crippen LogP contribution in [0.15, 0.2) is 48.5 Å². The third kappa shape index (κ3) is 4.95. The Hall–Kier alpha value is -2.42. The molecule has 0 unspecified atom stereocenters. The van der Waals surface area contributed by atoms with Gasteiger partial charge in [-0.25, -0.2) is 0 Å². The molecule has 0 spiro atoms. The van der Waals surface area contributed by atoms with Gasteiger partial charge in [0, 0.05) is 22.0 Å². The molecule has 0 atom stereocenters. The number of hydrogen-bond acceptors (Lipinski definition) is 3. The van der Waals surface area contributed by atoms with Crippen LogP contribution in [0.4, 0.5) is 0 Å². The first-order valence-corrected chi connectivity index (χ1v) is 10.7. The van der Waals surface area contributed by atoms with E-state index in [9.17, 15) is 9.59 Å². The fourth-order valence-electron chi connectivity index (χ4n) is 3.32. The number of Topliss-reactive ketones (excluding diaryl/α,β-unsaturated/α-hetero) is 2. The predicted octanol–water partition coefficient (Wildman–Crippen LogP) is 7.50. The lowest BCUT2D eigenvalue weighted by molar-refractivity contribution is 0.0796. The molecule has 0 heterocycles. The van der Waals surface area contributed by atoms with Crippen LogP contribution < -0.4 is 4.74 Å². The maximum atomic E-state index is 12.8. The number of ether oxygens (including phenoxy) is 1. The van der Waals surface area contributed by atoms with Crippen molar-refractivity contribution >= 4 is 11.6 Å². The Balaban J connectivity index is 2.11. The molecule has 0 aliphatic rings. The number of rotatable bonds is 10. The fourth-order valence-corrected chi connectivity index (χ4v) is 3.32. The Labute approximate surface area is 175 Å². The van der Waals surface area contributed by atoms with Crippen molar-refractivity contribution < 1.29 is 14.3 Å². The highest BCUT2D eigenvalue weighted by Crippen LogP contribution is 2.32. The Bertz CT molecular complexity index is 752. The molecule has 0 amide bonds. The van der Waals surface area contributed by atoms with Crippen LogP contribution in [0.25, 0.3) is 0 Å². The molecule has 0 N–H and O–H groups in total. The first kappa shape index (κ1) is 22.9. The lowest BCUT2D eigenvalue weighted by Crippen LogP contribution is -2.26. The van der Waals surface area contributed by atoms with Crippen LogP contribution in [-0.2, 0) is 0 Å². The summed E-state index contributed by atoms with van der Waals surface area (Å²) in [5.74, 6) is 1.68. The second-order valence-corrected chi connectivity index (χ2v) is 8.34. The van der Waals surface area contributed by atoms with Gasteiger partial charge in [0.05, 0.1) is 0 Å². The Morgan fingerprint density at radius 1 is 0.621 bits per heavy atom. The normalized spacial score (nSPS) is 11.9. The molecular formula is C26H34O3. The van der Waals surface area contributed by atoms with E-state index in [2.05, 4.69) is 27.7 Å². The molecule has 0 saturated carbocycles. The van der Waals surface area contributed by atoms with Crippen LogP contribution in [-0.4, -0.2) is 11.6 Å². The van der Waals surface area contributed by atoms with E-state index in [1.165, 1.54) is 0 Å². The van der Waals surface area contributed by atoms with E-state index in [4.69, 9.17) is 4.74 Å². The topological polar surface area (TPSA) is 43.4 Å². The Morgan fingerprint density at radius 2 is 0.897 bits per heavy atom. The van der Waals surface area contributed by atoms with Gasteiger partial charge in [-0.3, -0.25) is 9.59 Å². The van der Waals surface area contributed by atoms with E-state index in [-0.39, 0.29) is 22.4 Å². The zero-order chi connectivity index (χ0) is 21.7. The van der Waals surface area contributed by atoms with Gasteiger partial charge in [-0.2, -0.15) is 0 Å². The van der Waals surface area contributed by atoms with E-state index >= 15 is 0 Å². The molecule has 2 aromatic carbocycles. The standard InChI is InChI=1S/C26H34O3/c1-7-25(5,8-2)23(27)19-11-15-21(16-12-19)29-22-17-13-20(14-18-22)24(28)26(6,9-3)10-4/h11-18H,7-10H2,1-6H3. The highest BCUT2D eigenvalue weighted by atomic mass is 16.5. The minimum atomic E-state index is -0.323. The molecule has 0 saturated heterocycles. The van der Waals surface area contributed by atoms with Crippen molar-refractivity contribution in [2.45, 2.75) is 67.2 Å². The summed E-state index contributed by atoms with van der Waals surface area (Å²) >= 11 is 0. The van der Waals surface area contributed by atoms with E-state index in [0.717, 1.165) is 25.7 Å². The number of benzene rings is 2. The smallest absolute Gasteiger partial charge is 0.168 e. The minimum absolute atomic E-state index is 0.173. The van der Waals surface area contributed by atoms with Gasteiger partial charge in [0.2, 0.25) is 0 Å². The van der Waals surface area contributed by atoms with Gasteiger partial charge in [0.1, 0.15) is 11.5 Å².